The minimum atomic E-state index is 0.00278. The van der Waals surface area contributed by atoms with Gasteiger partial charge in [0.1, 0.15) is 0 Å². The third-order valence-electron chi connectivity index (χ3n) is 2.53. The maximum Gasteiger partial charge on any atom is 0.284 e. The molecule has 1 N–H and O–H groups in total. The second-order valence-electron chi connectivity index (χ2n) is 4.13. The van der Waals surface area contributed by atoms with E-state index < -0.39 is 0 Å². The fourth-order valence-corrected chi connectivity index (χ4v) is 3.88. The molecule has 1 amide bonds. The van der Waals surface area contributed by atoms with Gasteiger partial charge in [-0.1, -0.05) is 25.2 Å². The minimum absolute atomic E-state index is 0.00278. The predicted octanol–water partition coefficient (Wildman–Crippen LogP) is 1.55. The van der Waals surface area contributed by atoms with Crippen molar-refractivity contribution in [2.24, 2.45) is 0 Å². The zero-order valence-electron chi connectivity index (χ0n) is 10.1. The number of nitrogens with zero attached hydrogens (tertiary/aromatic N) is 3. The number of carbonyl (C=O) groups is 1. The maximum atomic E-state index is 12.2. The quantitative estimate of drug-likeness (QED) is 0.885. The topological polar surface area (TPSA) is 58.1 Å². The number of hydrogen-bond donors (Lipinski definition) is 1. The van der Waals surface area contributed by atoms with E-state index in [1.54, 1.807) is 7.05 Å². The molecule has 1 aromatic rings. The molecule has 0 aromatic carbocycles. The van der Waals surface area contributed by atoms with Gasteiger partial charge in [0.25, 0.3) is 5.91 Å². The molecular formula is C10H16N4OS2. The highest BCUT2D eigenvalue weighted by molar-refractivity contribution is 8.00. The molecular weight excluding hydrogens is 256 g/mol. The molecule has 0 spiro atoms. The molecule has 2 atom stereocenters. The number of rotatable bonds is 2. The van der Waals surface area contributed by atoms with Gasteiger partial charge in [-0.05, 0) is 0 Å². The zero-order chi connectivity index (χ0) is 12.4. The minimum Gasteiger partial charge on any atom is -0.363 e. The molecule has 7 heteroatoms. The molecule has 0 aliphatic carbocycles. The highest BCUT2D eigenvalue weighted by atomic mass is 32.2. The van der Waals surface area contributed by atoms with E-state index in [0.29, 0.717) is 20.6 Å². The summed E-state index contributed by atoms with van der Waals surface area (Å²) in [5.74, 6) is 0.00278. The molecule has 2 rings (SSSR count). The summed E-state index contributed by atoms with van der Waals surface area (Å²) < 4.78 is 0. The summed E-state index contributed by atoms with van der Waals surface area (Å²) in [7, 11) is 1.77. The number of carbonyl (C=O) groups excluding carboxylic acids is 1. The number of aromatic nitrogens is 2. The SMILES string of the molecule is CNc1nnc(C(=O)N2CC(C)SC(C)C2)s1. The highest BCUT2D eigenvalue weighted by Gasteiger charge is 2.28. The monoisotopic (exact) mass is 272 g/mol. The van der Waals surface area contributed by atoms with Gasteiger partial charge in [0.2, 0.25) is 10.1 Å². The zero-order valence-corrected chi connectivity index (χ0v) is 11.8. The van der Waals surface area contributed by atoms with Crippen molar-refractivity contribution in [1.82, 2.24) is 15.1 Å². The van der Waals surface area contributed by atoms with Gasteiger partial charge in [-0.25, -0.2) is 0 Å². The molecule has 5 nitrogen and oxygen atoms in total. The van der Waals surface area contributed by atoms with Crippen LogP contribution < -0.4 is 5.32 Å². The Hall–Kier alpha value is -0.820. The normalized spacial score (nSPS) is 24.8. The third kappa shape index (κ3) is 2.90. The van der Waals surface area contributed by atoms with Crippen LogP contribution >= 0.6 is 23.1 Å². The average Bonchev–Trinajstić information content (AvgIpc) is 2.75. The van der Waals surface area contributed by atoms with E-state index >= 15 is 0 Å². The van der Waals surface area contributed by atoms with Crippen molar-refractivity contribution >= 4 is 34.1 Å². The number of anilines is 1. The smallest absolute Gasteiger partial charge is 0.284 e. The maximum absolute atomic E-state index is 12.2. The van der Waals surface area contributed by atoms with Gasteiger partial charge in [-0.15, -0.1) is 10.2 Å². The van der Waals surface area contributed by atoms with Crippen LogP contribution in [0.2, 0.25) is 0 Å². The Balaban J connectivity index is 2.08. The molecule has 2 heterocycles. The van der Waals surface area contributed by atoms with Crippen LogP contribution in [0.1, 0.15) is 23.6 Å². The summed E-state index contributed by atoms with van der Waals surface area (Å²) in [6, 6.07) is 0. The molecule has 1 aliphatic heterocycles. The van der Waals surface area contributed by atoms with Crippen molar-refractivity contribution in [2.45, 2.75) is 24.3 Å². The molecule has 0 saturated carbocycles. The van der Waals surface area contributed by atoms with Gasteiger partial charge >= 0.3 is 0 Å². The lowest BCUT2D eigenvalue weighted by Crippen LogP contribution is -2.44. The Kier molecular flexibility index (Phi) is 3.88. The fraction of sp³-hybridized carbons (Fsp3) is 0.700. The molecule has 2 unspecified atom stereocenters. The van der Waals surface area contributed by atoms with E-state index in [4.69, 9.17) is 0 Å². The van der Waals surface area contributed by atoms with Crippen molar-refractivity contribution in [3.63, 3.8) is 0 Å². The van der Waals surface area contributed by atoms with Crippen molar-refractivity contribution in [3.8, 4) is 0 Å². The van der Waals surface area contributed by atoms with Crippen LogP contribution in [-0.2, 0) is 0 Å². The number of amides is 1. The average molecular weight is 272 g/mol. The van der Waals surface area contributed by atoms with Crippen LogP contribution in [0.25, 0.3) is 0 Å². The van der Waals surface area contributed by atoms with Crippen molar-refractivity contribution in [1.29, 1.82) is 0 Å². The summed E-state index contributed by atoms with van der Waals surface area (Å²) in [5.41, 5.74) is 0. The van der Waals surface area contributed by atoms with Gasteiger partial charge in [0.15, 0.2) is 0 Å². The first-order chi connectivity index (χ1) is 8.10. The standard InChI is InChI=1S/C10H16N4OS2/c1-6-4-14(5-7(2)16-6)9(15)8-12-13-10(11-3)17-8/h6-7H,4-5H2,1-3H3,(H,11,13). The highest BCUT2D eigenvalue weighted by Crippen LogP contribution is 2.26. The Labute approximate surface area is 109 Å². The van der Waals surface area contributed by atoms with Crippen LogP contribution in [0.5, 0.6) is 0 Å². The second-order valence-corrected chi connectivity index (χ2v) is 6.99. The van der Waals surface area contributed by atoms with E-state index in [1.807, 2.05) is 16.7 Å². The van der Waals surface area contributed by atoms with Crippen LogP contribution in [-0.4, -0.2) is 51.6 Å². The first-order valence-corrected chi connectivity index (χ1v) is 7.32. The largest absolute Gasteiger partial charge is 0.363 e. The Morgan fingerprint density at radius 3 is 2.53 bits per heavy atom. The summed E-state index contributed by atoms with van der Waals surface area (Å²) in [4.78, 5) is 14.1. The number of thioether (sulfide) groups is 1. The first-order valence-electron chi connectivity index (χ1n) is 5.56. The van der Waals surface area contributed by atoms with E-state index in [1.165, 1.54) is 11.3 Å². The van der Waals surface area contributed by atoms with Crippen molar-refractivity contribution < 1.29 is 4.79 Å². The summed E-state index contributed by atoms with van der Waals surface area (Å²) >= 11 is 3.23. The molecule has 1 fully saturated rings. The van der Waals surface area contributed by atoms with E-state index in [9.17, 15) is 4.79 Å². The van der Waals surface area contributed by atoms with Gasteiger partial charge in [0.05, 0.1) is 0 Å². The molecule has 94 valence electrons. The van der Waals surface area contributed by atoms with Gasteiger partial charge in [0, 0.05) is 30.6 Å². The number of hydrogen-bond acceptors (Lipinski definition) is 6. The predicted molar refractivity (Wildman–Crippen MR) is 71.9 cm³/mol. The van der Waals surface area contributed by atoms with E-state index in [0.717, 1.165) is 13.1 Å². The summed E-state index contributed by atoms with van der Waals surface area (Å²) in [6.45, 7) is 5.89. The van der Waals surface area contributed by atoms with Crippen LogP contribution in [0, 0.1) is 0 Å². The first kappa shape index (κ1) is 12.6. The molecule has 17 heavy (non-hydrogen) atoms. The van der Waals surface area contributed by atoms with Gasteiger partial charge < -0.3 is 10.2 Å². The molecule has 0 bridgehead atoms. The lowest BCUT2D eigenvalue weighted by molar-refractivity contribution is 0.0752. The molecule has 1 aromatic heterocycles. The molecule has 1 saturated heterocycles. The second kappa shape index (κ2) is 5.22. The van der Waals surface area contributed by atoms with Gasteiger partial charge in [-0.3, -0.25) is 4.79 Å². The van der Waals surface area contributed by atoms with Crippen molar-refractivity contribution in [2.75, 3.05) is 25.5 Å². The lowest BCUT2D eigenvalue weighted by atomic mass is 10.3. The lowest BCUT2D eigenvalue weighted by Gasteiger charge is -2.33. The van der Waals surface area contributed by atoms with Crippen LogP contribution in [0.15, 0.2) is 0 Å². The Morgan fingerprint density at radius 1 is 1.35 bits per heavy atom. The Bertz CT molecular complexity index is 399. The molecule has 1 aliphatic rings. The summed E-state index contributed by atoms with van der Waals surface area (Å²) in [6.07, 6.45) is 0. The van der Waals surface area contributed by atoms with Crippen LogP contribution in [0.4, 0.5) is 5.13 Å². The Morgan fingerprint density at radius 2 is 2.00 bits per heavy atom. The van der Waals surface area contributed by atoms with Crippen LogP contribution in [0.3, 0.4) is 0 Å². The third-order valence-corrected chi connectivity index (χ3v) is 4.68. The van der Waals surface area contributed by atoms with Gasteiger partial charge in [-0.2, -0.15) is 11.8 Å². The van der Waals surface area contributed by atoms with E-state index in [2.05, 4.69) is 29.4 Å². The summed E-state index contributed by atoms with van der Waals surface area (Å²) in [5, 5.41) is 12.8. The van der Waals surface area contributed by atoms with Crippen molar-refractivity contribution in [3.05, 3.63) is 5.01 Å². The van der Waals surface area contributed by atoms with E-state index in [-0.39, 0.29) is 5.91 Å². The molecule has 0 radical (unpaired) electrons. The number of nitrogens with one attached hydrogen (secondary N) is 1. The fourth-order valence-electron chi connectivity index (χ4n) is 1.89.